The SMILES string of the molecule is c1cc(Nc2nccs2)nc([C@@H]2CCCN2Cc2cccc3ncccc23)c1. The van der Waals surface area contributed by atoms with E-state index in [1.807, 2.05) is 23.7 Å². The molecule has 1 atom stereocenters. The van der Waals surface area contributed by atoms with Crippen LogP contribution >= 0.6 is 11.3 Å². The van der Waals surface area contributed by atoms with Gasteiger partial charge in [0.2, 0.25) is 0 Å². The molecule has 28 heavy (non-hydrogen) atoms. The summed E-state index contributed by atoms with van der Waals surface area (Å²) in [5.41, 5.74) is 3.51. The van der Waals surface area contributed by atoms with Crippen LogP contribution in [0.2, 0.25) is 0 Å². The van der Waals surface area contributed by atoms with Gasteiger partial charge in [-0.05, 0) is 49.2 Å². The Balaban J connectivity index is 1.39. The van der Waals surface area contributed by atoms with Crippen molar-refractivity contribution in [1.29, 1.82) is 0 Å². The molecule has 0 aliphatic carbocycles. The Kier molecular flexibility index (Phi) is 4.72. The third kappa shape index (κ3) is 3.48. The van der Waals surface area contributed by atoms with Crippen LogP contribution in [0.15, 0.2) is 66.3 Å². The van der Waals surface area contributed by atoms with Crippen LogP contribution in [0.25, 0.3) is 10.9 Å². The number of anilines is 2. The largest absolute Gasteiger partial charge is 0.316 e. The number of aromatic nitrogens is 3. The number of nitrogens with zero attached hydrogens (tertiary/aromatic N) is 4. The molecule has 0 unspecified atom stereocenters. The molecule has 1 aromatic carbocycles. The zero-order chi connectivity index (χ0) is 18.8. The number of hydrogen-bond acceptors (Lipinski definition) is 6. The molecule has 1 aliphatic rings. The van der Waals surface area contributed by atoms with Gasteiger partial charge < -0.3 is 5.32 Å². The van der Waals surface area contributed by atoms with Crippen LogP contribution in [0.4, 0.5) is 10.9 Å². The third-order valence-electron chi connectivity index (χ3n) is 5.25. The number of nitrogens with one attached hydrogen (secondary N) is 1. The molecular weight excluding hydrogens is 366 g/mol. The summed E-state index contributed by atoms with van der Waals surface area (Å²) in [5, 5.41) is 7.38. The Labute approximate surface area is 168 Å². The Morgan fingerprint density at radius 3 is 2.93 bits per heavy atom. The first-order valence-corrected chi connectivity index (χ1v) is 10.4. The fourth-order valence-electron chi connectivity index (χ4n) is 3.98. The van der Waals surface area contributed by atoms with E-state index < -0.39 is 0 Å². The second-order valence-electron chi connectivity index (χ2n) is 7.03. The lowest BCUT2D eigenvalue weighted by Gasteiger charge is -2.25. The second-order valence-corrected chi connectivity index (χ2v) is 7.92. The molecule has 5 nitrogen and oxygen atoms in total. The number of likely N-dealkylation sites (tertiary alicyclic amines) is 1. The first-order chi connectivity index (χ1) is 13.9. The minimum Gasteiger partial charge on any atom is -0.316 e. The van der Waals surface area contributed by atoms with E-state index in [9.17, 15) is 0 Å². The summed E-state index contributed by atoms with van der Waals surface area (Å²) < 4.78 is 0. The van der Waals surface area contributed by atoms with E-state index in [1.54, 1.807) is 17.5 Å². The van der Waals surface area contributed by atoms with Crippen LogP contribution < -0.4 is 5.32 Å². The monoisotopic (exact) mass is 387 g/mol. The van der Waals surface area contributed by atoms with Crippen LogP contribution in [0, 0.1) is 0 Å². The smallest absolute Gasteiger partial charge is 0.188 e. The Morgan fingerprint density at radius 1 is 1.04 bits per heavy atom. The van der Waals surface area contributed by atoms with Gasteiger partial charge in [0.15, 0.2) is 5.13 Å². The van der Waals surface area contributed by atoms with E-state index in [0.29, 0.717) is 6.04 Å². The van der Waals surface area contributed by atoms with Crippen molar-refractivity contribution in [2.24, 2.45) is 0 Å². The molecule has 1 N–H and O–H groups in total. The Bertz CT molecular complexity index is 1070. The van der Waals surface area contributed by atoms with Crippen LogP contribution in [0.1, 0.15) is 30.1 Å². The summed E-state index contributed by atoms with van der Waals surface area (Å²) in [7, 11) is 0. The maximum Gasteiger partial charge on any atom is 0.188 e. The molecule has 0 radical (unpaired) electrons. The van der Waals surface area contributed by atoms with Gasteiger partial charge >= 0.3 is 0 Å². The normalized spacial score (nSPS) is 17.2. The molecular formula is C22H21N5S. The molecule has 4 heterocycles. The lowest BCUT2D eigenvalue weighted by Crippen LogP contribution is -2.23. The molecule has 140 valence electrons. The van der Waals surface area contributed by atoms with Crippen molar-refractivity contribution in [1.82, 2.24) is 19.9 Å². The minimum absolute atomic E-state index is 0.338. The number of rotatable bonds is 5. The van der Waals surface area contributed by atoms with Crippen molar-refractivity contribution < 1.29 is 0 Å². The van der Waals surface area contributed by atoms with Gasteiger partial charge in [-0.25, -0.2) is 9.97 Å². The topological polar surface area (TPSA) is 53.9 Å². The second kappa shape index (κ2) is 7.66. The quantitative estimate of drug-likeness (QED) is 0.512. The first kappa shape index (κ1) is 17.3. The summed E-state index contributed by atoms with van der Waals surface area (Å²) in [4.78, 5) is 16.2. The van der Waals surface area contributed by atoms with E-state index in [4.69, 9.17) is 4.98 Å². The average Bonchev–Trinajstić information content (AvgIpc) is 3.41. The van der Waals surface area contributed by atoms with Crippen molar-refractivity contribution >= 4 is 33.2 Å². The lowest BCUT2D eigenvalue weighted by atomic mass is 10.1. The summed E-state index contributed by atoms with van der Waals surface area (Å²) in [5.74, 6) is 0.855. The first-order valence-electron chi connectivity index (χ1n) is 9.57. The number of hydrogen-bond donors (Lipinski definition) is 1. The van der Waals surface area contributed by atoms with Crippen LogP contribution in [-0.2, 0) is 6.54 Å². The maximum absolute atomic E-state index is 4.89. The van der Waals surface area contributed by atoms with Crippen molar-refractivity contribution in [3.8, 4) is 0 Å². The van der Waals surface area contributed by atoms with Crippen molar-refractivity contribution in [3.63, 3.8) is 0 Å². The lowest BCUT2D eigenvalue weighted by molar-refractivity contribution is 0.245. The number of fused-ring (bicyclic) bond motifs is 1. The van der Waals surface area contributed by atoms with Gasteiger partial charge in [0.25, 0.3) is 0 Å². The summed E-state index contributed by atoms with van der Waals surface area (Å²) in [6.07, 6.45) is 5.99. The van der Waals surface area contributed by atoms with E-state index >= 15 is 0 Å². The number of pyridine rings is 2. The average molecular weight is 388 g/mol. The molecule has 3 aromatic heterocycles. The fourth-order valence-corrected chi connectivity index (χ4v) is 4.51. The van der Waals surface area contributed by atoms with Gasteiger partial charge in [-0.15, -0.1) is 11.3 Å². The van der Waals surface area contributed by atoms with Gasteiger partial charge in [0.05, 0.1) is 17.3 Å². The predicted molar refractivity (Wildman–Crippen MR) is 114 cm³/mol. The molecule has 1 aliphatic heterocycles. The summed E-state index contributed by atoms with van der Waals surface area (Å²) in [6.45, 7) is 2.01. The molecule has 0 bridgehead atoms. The molecule has 0 spiro atoms. The number of thiazole rings is 1. The van der Waals surface area contributed by atoms with E-state index in [0.717, 1.165) is 41.7 Å². The third-order valence-corrected chi connectivity index (χ3v) is 5.94. The van der Waals surface area contributed by atoms with Crippen LogP contribution in [-0.4, -0.2) is 26.4 Å². The summed E-state index contributed by atoms with van der Waals surface area (Å²) >= 11 is 1.58. The fraction of sp³-hybridized carbons (Fsp3) is 0.227. The molecule has 1 saturated heterocycles. The molecule has 5 rings (SSSR count). The Morgan fingerprint density at radius 2 is 2.00 bits per heavy atom. The molecule has 4 aromatic rings. The number of benzene rings is 1. The highest BCUT2D eigenvalue weighted by Gasteiger charge is 2.27. The standard InChI is InChI=1S/C22H21N5S/c1-5-16(17-6-3-11-23-18(17)7-1)15-27-13-4-9-20(27)19-8-2-10-21(25-19)26-22-24-12-14-28-22/h1-3,5-8,10-12,14,20H,4,9,13,15H2,(H,24,25,26)/t20-/m0/s1. The van der Waals surface area contributed by atoms with Gasteiger partial charge in [-0.2, -0.15) is 0 Å². The highest BCUT2D eigenvalue weighted by molar-refractivity contribution is 7.13. The zero-order valence-electron chi connectivity index (χ0n) is 15.5. The maximum atomic E-state index is 4.89. The molecule has 6 heteroatoms. The van der Waals surface area contributed by atoms with Crippen molar-refractivity contribution in [2.45, 2.75) is 25.4 Å². The van der Waals surface area contributed by atoms with E-state index in [1.165, 1.54) is 17.4 Å². The summed E-state index contributed by atoms with van der Waals surface area (Å²) in [6, 6.07) is 17.1. The van der Waals surface area contributed by atoms with E-state index in [-0.39, 0.29) is 0 Å². The van der Waals surface area contributed by atoms with Gasteiger partial charge in [-0.1, -0.05) is 24.3 Å². The molecule has 0 saturated carbocycles. The van der Waals surface area contributed by atoms with E-state index in [2.05, 4.69) is 56.6 Å². The van der Waals surface area contributed by atoms with Gasteiger partial charge in [0.1, 0.15) is 5.82 Å². The predicted octanol–water partition coefficient (Wildman–Crippen LogP) is 5.17. The molecule has 1 fully saturated rings. The highest BCUT2D eigenvalue weighted by Crippen LogP contribution is 2.34. The van der Waals surface area contributed by atoms with Crippen LogP contribution in [0.3, 0.4) is 0 Å². The van der Waals surface area contributed by atoms with Crippen LogP contribution in [0.5, 0.6) is 0 Å². The minimum atomic E-state index is 0.338. The van der Waals surface area contributed by atoms with Crippen molar-refractivity contribution in [2.75, 3.05) is 11.9 Å². The van der Waals surface area contributed by atoms with Gasteiger partial charge in [-0.3, -0.25) is 9.88 Å². The highest BCUT2D eigenvalue weighted by atomic mass is 32.1. The Hall–Kier alpha value is -2.83. The van der Waals surface area contributed by atoms with Gasteiger partial charge in [0, 0.05) is 29.7 Å². The van der Waals surface area contributed by atoms with Crippen molar-refractivity contribution in [3.05, 3.63) is 77.6 Å². The molecule has 0 amide bonds. The zero-order valence-corrected chi connectivity index (χ0v) is 16.3.